The van der Waals surface area contributed by atoms with E-state index in [9.17, 15) is 9.59 Å². The van der Waals surface area contributed by atoms with Crippen LogP contribution in [0.5, 0.6) is 0 Å². The fraction of sp³-hybridized carbons (Fsp3) is 0.467. The fourth-order valence-electron chi connectivity index (χ4n) is 2.73. The number of carbonyl (C=O) groups excluding carboxylic acids is 2. The molecule has 0 spiro atoms. The Morgan fingerprint density at radius 3 is 2.55 bits per heavy atom. The Hall–Kier alpha value is -1.30. The van der Waals surface area contributed by atoms with Gasteiger partial charge >= 0.3 is 0 Å². The van der Waals surface area contributed by atoms with Crippen molar-refractivity contribution in [3.63, 3.8) is 0 Å². The number of nitrogens with one attached hydrogen (secondary N) is 2. The van der Waals surface area contributed by atoms with E-state index in [0.29, 0.717) is 15.7 Å². The van der Waals surface area contributed by atoms with Gasteiger partial charge in [0.1, 0.15) is 0 Å². The van der Waals surface area contributed by atoms with Crippen molar-refractivity contribution in [3.05, 3.63) is 28.2 Å². The molecule has 120 valence electrons. The third-order valence-electron chi connectivity index (χ3n) is 4.22. The van der Waals surface area contributed by atoms with Gasteiger partial charge in [0.2, 0.25) is 5.91 Å². The summed E-state index contributed by atoms with van der Waals surface area (Å²) >= 11 is 12.0. The molecule has 1 atom stereocenters. The normalized spacial score (nSPS) is 22.9. The zero-order valence-corrected chi connectivity index (χ0v) is 13.9. The highest BCUT2D eigenvalue weighted by molar-refractivity contribution is 6.35. The van der Waals surface area contributed by atoms with Crippen molar-refractivity contribution in [1.29, 1.82) is 0 Å². The lowest BCUT2D eigenvalue weighted by molar-refractivity contribution is -0.919. The van der Waals surface area contributed by atoms with E-state index < -0.39 is 0 Å². The average molecular weight is 345 g/mol. The summed E-state index contributed by atoms with van der Waals surface area (Å²) in [6, 6.07) is 4.71. The Bertz CT molecular complexity index is 572. The number of benzene rings is 1. The van der Waals surface area contributed by atoms with Crippen LogP contribution >= 0.6 is 23.2 Å². The minimum atomic E-state index is -0.248. The third kappa shape index (κ3) is 4.12. The molecule has 1 aromatic rings. The Kier molecular flexibility index (Phi) is 5.67. The van der Waals surface area contributed by atoms with E-state index in [2.05, 4.69) is 5.32 Å². The molecule has 0 aliphatic carbocycles. The summed E-state index contributed by atoms with van der Waals surface area (Å²) in [7, 11) is 0. The first-order valence-electron chi connectivity index (χ1n) is 7.28. The highest BCUT2D eigenvalue weighted by atomic mass is 35.5. The molecule has 4 N–H and O–H groups in total. The van der Waals surface area contributed by atoms with Crippen molar-refractivity contribution in [2.24, 2.45) is 11.7 Å². The molecule has 1 aliphatic heterocycles. The van der Waals surface area contributed by atoms with Crippen LogP contribution in [-0.4, -0.2) is 30.9 Å². The fourth-order valence-corrected chi connectivity index (χ4v) is 3.06. The lowest BCUT2D eigenvalue weighted by atomic mass is 9.95. The van der Waals surface area contributed by atoms with Gasteiger partial charge in [0, 0.05) is 23.8 Å². The smallest absolute Gasteiger partial charge is 0.282 e. The summed E-state index contributed by atoms with van der Waals surface area (Å²) in [6.07, 6.45) is 1.44. The van der Waals surface area contributed by atoms with Crippen LogP contribution in [0.25, 0.3) is 0 Å². The molecule has 0 bridgehead atoms. The van der Waals surface area contributed by atoms with Gasteiger partial charge in [-0.1, -0.05) is 23.2 Å². The van der Waals surface area contributed by atoms with Crippen LogP contribution in [0.4, 0.5) is 5.69 Å². The van der Waals surface area contributed by atoms with Crippen molar-refractivity contribution >= 4 is 40.7 Å². The van der Waals surface area contributed by atoms with Crippen molar-refractivity contribution in [3.8, 4) is 0 Å². The number of hydrogen-bond donors (Lipinski definition) is 3. The molecule has 2 rings (SSSR count). The second-order valence-corrected chi connectivity index (χ2v) is 6.51. The topological polar surface area (TPSA) is 76.6 Å². The summed E-state index contributed by atoms with van der Waals surface area (Å²) in [5, 5.41) is 3.78. The molecular weight excluding hydrogens is 325 g/mol. The number of amides is 2. The van der Waals surface area contributed by atoms with E-state index in [-0.39, 0.29) is 23.8 Å². The number of carbonyl (C=O) groups is 2. The van der Waals surface area contributed by atoms with Gasteiger partial charge in [-0.05, 0) is 25.1 Å². The predicted molar refractivity (Wildman–Crippen MR) is 87.2 cm³/mol. The number of nitrogens with two attached hydrogens (primary N) is 1. The molecular formula is C15H20Cl2N3O2+. The second kappa shape index (κ2) is 7.31. The molecule has 1 aromatic carbocycles. The van der Waals surface area contributed by atoms with E-state index in [1.807, 2.05) is 6.92 Å². The molecule has 5 nitrogen and oxygen atoms in total. The number of quaternary nitrogens is 1. The molecule has 0 unspecified atom stereocenters. The zero-order valence-electron chi connectivity index (χ0n) is 12.4. The lowest BCUT2D eigenvalue weighted by Gasteiger charge is -2.31. The van der Waals surface area contributed by atoms with E-state index >= 15 is 0 Å². The monoisotopic (exact) mass is 344 g/mol. The summed E-state index contributed by atoms with van der Waals surface area (Å²) in [4.78, 5) is 24.7. The van der Waals surface area contributed by atoms with Gasteiger partial charge in [0.05, 0.1) is 23.8 Å². The van der Waals surface area contributed by atoms with Crippen molar-refractivity contribution in [2.75, 3.05) is 18.4 Å². The van der Waals surface area contributed by atoms with E-state index in [0.717, 1.165) is 30.8 Å². The van der Waals surface area contributed by atoms with E-state index in [1.54, 1.807) is 18.2 Å². The first-order valence-corrected chi connectivity index (χ1v) is 8.04. The largest absolute Gasteiger partial charge is 0.369 e. The highest BCUT2D eigenvalue weighted by Gasteiger charge is 2.32. The van der Waals surface area contributed by atoms with Gasteiger partial charge < -0.3 is 16.0 Å². The Morgan fingerprint density at radius 2 is 1.95 bits per heavy atom. The zero-order chi connectivity index (χ0) is 16.3. The maximum atomic E-state index is 12.4. The van der Waals surface area contributed by atoms with Crippen LogP contribution in [0.2, 0.25) is 10.0 Å². The van der Waals surface area contributed by atoms with Crippen LogP contribution in [0.3, 0.4) is 0 Å². The van der Waals surface area contributed by atoms with E-state index in [4.69, 9.17) is 28.9 Å². The molecule has 1 saturated heterocycles. The van der Waals surface area contributed by atoms with Gasteiger partial charge in [0.15, 0.2) is 6.04 Å². The number of hydrogen-bond acceptors (Lipinski definition) is 2. The van der Waals surface area contributed by atoms with Crippen LogP contribution < -0.4 is 16.0 Å². The molecule has 2 amide bonds. The Labute approximate surface area is 139 Å². The van der Waals surface area contributed by atoms with Gasteiger partial charge in [-0.2, -0.15) is 0 Å². The maximum Gasteiger partial charge on any atom is 0.282 e. The molecule has 1 aliphatic rings. The predicted octanol–water partition coefficient (Wildman–Crippen LogP) is 1.10. The molecule has 0 saturated carbocycles. The number of halogens is 2. The number of rotatable bonds is 4. The van der Waals surface area contributed by atoms with Gasteiger partial charge in [-0.15, -0.1) is 0 Å². The second-order valence-electron chi connectivity index (χ2n) is 5.67. The summed E-state index contributed by atoms with van der Waals surface area (Å²) in [6.45, 7) is 3.38. The summed E-state index contributed by atoms with van der Waals surface area (Å²) in [5.41, 5.74) is 5.84. The summed E-state index contributed by atoms with van der Waals surface area (Å²) < 4.78 is 0. The van der Waals surface area contributed by atoms with Crippen LogP contribution in [0, 0.1) is 5.92 Å². The van der Waals surface area contributed by atoms with Crippen molar-refractivity contribution in [1.82, 2.24) is 0 Å². The van der Waals surface area contributed by atoms with Gasteiger partial charge in [-0.25, -0.2) is 0 Å². The van der Waals surface area contributed by atoms with Crippen LogP contribution in [0.15, 0.2) is 18.2 Å². The first kappa shape index (κ1) is 17.1. The van der Waals surface area contributed by atoms with Gasteiger partial charge in [-0.3, -0.25) is 9.59 Å². The molecule has 1 heterocycles. The minimum absolute atomic E-state index is 0.0682. The van der Waals surface area contributed by atoms with Crippen molar-refractivity contribution in [2.45, 2.75) is 25.8 Å². The van der Waals surface area contributed by atoms with Crippen LogP contribution in [-0.2, 0) is 9.59 Å². The van der Waals surface area contributed by atoms with E-state index in [1.165, 1.54) is 0 Å². The summed E-state index contributed by atoms with van der Waals surface area (Å²) in [5.74, 6) is -0.431. The number of piperidine rings is 1. The molecule has 22 heavy (non-hydrogen) atoms. The first-order chi connectivity index (χ1) is 10.4. The quantitative estimate of drug-likeness (QED) is 0.764. The molecule has 0 aromatic heterocycles. The average Bonchev–Trinajstić information content (AvgIpc) is 2.50. The molecule has 7 heteroatoms. The van der Waals surface area contributed by atoms with Crippen LogP contribution in [0.1, 0.15) is 19.8 Å². The Morgan fingerprint density at radius 1 is 1.32 bits per heavy atom. The standard InChI is InChI=1S/C15H19Cl2N3O2/c1-9(20-6-4-10(5-7-20)14(18)21)15(22)19-13-8-11(16)2-3-12(13)17/h2-3,8-10H,4-7H2,1H3,(H2,18,21)(H,19,22)/p+1/t9-/m1/s1. The molecule has 1 fully saturated rings. The SMILES string of the molecule is C[C@H](C(=O)Nc1cc(Cl)ccc1Cl)[NH+]1CCC(C(N)=O)CC1. The molecule has 0 radical (unpaired) electrons. The van der Waals surface area contributed by atoms with Crippen molar-refractivity contribution < 1.29 is 14.5 Å². The maximum absolute atomic E-state index is 12.4. The highest BCUT2D eigenvalue weighted by Crippen LogP contribution is 2.25. The number of anilines is 1. The number of likely N-dealkylation sites (tertiary alicyclic amines) is 1. The Balaban J connectivity index is 1.95. The number of primary amides is 1. The minimum Gasteiger partial charge on any atom is -0.369 e. The lowest BCUT2D eigenvalue weighted by Crippen LogP contribution is -3.17. The third-order valence-corrected chi connectivity index (χ3v) is 4.79. The van der Waals surface area contributed by atoms with Gasteiger partial charge in [0.25, 0.3) is 5.91 Å².